The molecule has 1 amide bonds. The lowest BCUT2D eigenvalue weighted by molar-refractivity contribution is -0.122. The van der Waals surface area contributed by atoms with Gasteiger partial charge in [-0.25, -0.2) is 13.1 Å². The monoisotopic (exact) mass is 310 g/mol. The summed E-state index contributed by atoms with van der Waals surface area (Å²) in [4.78, 5) is 12.0. The Morgan fingerprint density at radius 3 is 2.71 bits per heavy atom. The van der Waals surface area contributed by atoms with Crippen molar-refractivity contribution in [3.8, 4) is 0 Å². The topological polar surface area (TPSA) is 75.3 Å². The van der Waals surface area contributed by atoms with E-state index in [1.807, 2.05) is 25.1 Å². The molecule has 21 heavy (non-hydrogen) atoms. The van der Waals surface area contributed by atoms with Crippen molar-refractivity contribution < 1.29 is 13.2 Å². The van der Waals surface area contributed by atoms with E-state index in [9.17, 15) is 13.2 Å². The quantitative estimate of drug-likeness (QED) is 0.793. The Balaban J connectivity index is 1.81. The molecule has 2 atom stereocenters. The zero-order valence-corrected chi connectivity index (χ0v) is 13.2. The van der Waals surface area contributed by atoms with Crippen LogP contribution in [0.2, 0.25) is 0 Å². The van der Waals surface area contributed by atoms with Crippen LogP contribution in [0.1, 0.15) is 30.4 Å². The first-order valence-corrected chi connectivity index (χ1v) is 8.90. The molecule has 0 aliphatic heterocycles. The molecule has 1 aliphatic rings. The summed E-state index contributed by atoms with van der Waals surface area (Å²) in [6.45, 7) is 4.30. The van der Waals surface area contributed by atoms with E-state index in [0.717, 1.165) is 6.42 Å². The highest BCUT2D eigenvalue weighted by Gasteiger charge is 2.44. The average molecular weight is 310 g/mol. The molecule has 1 fully saturated rings. The van der Waals surface area contributed by atoms with E-state index in [2.05, 4.69) is 16.1 Å². The molecule has 116 valence electrons. The van der Waals surface area contributed by atoms with Gasteiger partial charge in [-0.2, -0.15) is 0 Å². The summed E-state index contributed by atoms with van der Waals surface area (Å²) < 4.78 is 25.3. The summed E-state index contributed by atoms with van der Waals surface area (Å²) in [6.07, 6.45) is 0.844. The van der Waals surface area contributed by atoms with Crippen molar-refractivity contribution in [2.75, 3.05) is 18.8 Å². The Kier molecular flexibility index (Phi) is 5.00. The Labute approximate surface area is 126 Å². The molecule has 0 spiro atoms. The van der Waals surface area contributed by atoms with Gasteiger partial charge < -0.3 is 5.32 Å². The number of carbonyl (C=O) groups is 1. The van der Waals surface area contributed by atoms with Crippen LogP contribution in [0.5, 0.6) is 0 Å². The van der Waals surface area contributed by atoms with E-state index < -0.39 is 10.0 Å². The molecule has 1 aromatic rings. The van der Waals surface area contributed by atoms with Gasteiger partial charge in [-0.3, -0.25) is 4.79 Å². The van der Waals surface area contributed by atoms with Crippen molar-refractivity contribution in [3.63, 3.8) is 0 Å². The molecule has 2 rings (SSSR count). The molecule has 0 heterocycles. The number of carbonyl (C=O) groups excluding carboxylic acids is 1. The Morgan fingerprint density at radius 1 is 1.33 bits per heavy atom. The zero-order chi connectivity index (χ0) is 15.5. The van der Waals surface area contributed by atoms with Crippen LogP contribution in [0.4, 0.5) is 0 Å². The van der Waals surface area contributed by atoms with E-state index in [4.69, 9.17) is 0 Å². The van der Waals surface area contributed by atoms with Gasteiger partial charge in [0, 0.05) is 19.0 Å². The van der Waals surface area contributed by atoms with Crippen molar-refractivity contribution in [2.24, 2.45) is 5.92 Å². The van der Waals surface area contributed by atoms with E-state index in [1.54, 1.807) is 6.92 Å². The number of rotatable bonds is 7. The van der Waals surface area contributed by atoms with Crippen LogP contribution in [-0.2, 0) is 14.8 Å². The number of nitrogens with one attached hydrogen (secondary N) is 2. The van der Waals surface area contributed by atoms with Crippen molar-refractivity contribution in [1.29, 1.82) is 0 Å². The van der Waals surface area contributed by atoms with E-state index in [1.165, 1.54) is 11.1 Å². The molecule has 1 aliphatic carbocycles. The minimum atomic E-state index is -3.27. The predicted octanol–water partition coefficient (Wildman–Crippen LogP) is 1.15. The molecule has 1 saturated carbocycles. The van der Waals surface area contributed by atoms with Gasteiger partial charge in [0.05, 0.1) is 5.75 Å². The minimum absolute atomic E-state index is 0.0204. The molecule has 2 N–H and O–H groups in total. The summed E-state index contributed by atoms with van der Waals surface area (Å²) in [7, 11) is -3.27. The second kappa shape index (κ2) is 6.58. The van der Waals surface area contributed by atoms with Gasteiger partial charge >= 0.3 is 0 Å². The molecule has 0 radical (unpaired) electrons. The fourth-order valence-electron chi connectivity index (χ4n) is 2.56. The molecular weight excluding hydrogens is 288 g/mol. The van der Waals surface area contributed by atoms with Crippen LogP contribution >= 0.6 is 0 Å². The maximum absolute atomic E-state index is 12.0. The number of aryl methyl sites for hydroxylation is 1. The Morgan fingerprint density at radius 2 is 2.05 bits per heavy atom. The number of amides is 1. The first-order valence-electron chi connectivity index (χ1n) is 7.25. The van der Waals surface area contributed by atoms with Gasteiger partial charge in [0.15, 0.2) is 0 Å². The van der Waals surface area contributed by atoms with Crippen molar-refractivity contribution in [3.05, 3.63) is 35.4 Å². The molecule has 0 aromatic heterocycles. The first kappa shape index (κ1) is 16.0. The number of hydrogen-bond donors (Lipinski definition) is 2. The van der Waals surface area contributed by atoms with Crippen molar-refractivity contribution >= 4 is 15.9 Å². The average Bonchev–Trinajstić information content (AvgIpc) is 3.19. The van der Waals surface area contributed by atoms with Crippen LogP contribution in [-0.4, -0.2) is 33.2 Å². The lowest BCUT2D eigenvalue weighted by atomic mass is 10.0. The summed E-state index contributed by atoms with van der Waals surface area (Å²) in [5.74, 6) is 0.133. The van der Waals surface area contributed by atoms with Gasteiger partial charge in [-0.1, -0.05) is 31.2 Å². The lowest BCUT2D eigenvalue weighted by Crippen LogP contribution is -2.35. The highest BCUT2D eigenvalue weighted by Crippen LogP contribution is 2.48. The summed E-state index contributed by atoms with van der Waals surface area (Å²) in [5, 5.41) is 2.72. The van der Waals surface area contributed by atoms with Crippen molar-refractivity contribution in [2.45, 2.75) is 26.2 Å². The third kappa shape index (κ3) is 4.28. The maximum atomic E-state index is 12.0. The summed E-state index contributed by atoms with van der Waals surface area (Å²) >= 11 is 0. The second-order valence-corrected chi connectivity index (χ2v) is 7.34. The van der Waals surface area contributed by atoms with Crippen LogP contribution in [0.3, 0.4) is 0 Å². The molecular formula is C15H22N2O3S. The third-order valence-electron chi connectivity index (χ3n) is 3.75. The molecule has 5 nitrogen and oxygen atoms in total. The summed E-state index contributed by atoms with van der Waals surface area (Å²) in [6, 6.07) is 8.08. The van der Waals surface area contributed by atoms with Crippen LogP contribution in [0, 0.1) is 12.8 Å². The van der Waals surface area contributed by atoms with Gasteiger partial charge in [-0.15, -0.1) is 0 Å². The van der Waals surface area contributed by atoms with E-state index >= 15 is 0 Å². The Bertz CT molecular complexity index is 613. The standard InChI is InChI=1S/C15H22N2O3S/c1-3-17-21(19,20)9-8-16-15(18)14-10-13(14)12-7-5-4-6-11(12)2/h4-7,13-14,17H,3,8-10H2,1-2H3,(H,16,18)/t13-,14+/m0/s1. The third-order valence-corrected chi connectivity index (χ3v) is 5.22. The molecule has 1 aromatic carbocycles. The van der Waals surface area contributed by atoms with Crippen molar-refractivity contribution in [1.82, 2.24) is 10.0 Å². The number of benzene rings is 1. The van der Waals surface area contributed by atoms with Crippen LogP contribution in [0.15, 0.2) is 24.3 Å². The molecule has 0 unspecified atom stereocenters. The second-order valence-electron chi connectivity index (χ2n) is 5.41. The largest absolute Gasteiger partial charge is 0.355 e. The highest BCUT2D eigenvalue weighted by molar-refractivity contribution is 7.89. The normalized spacial score (nSPS) is 21.0. The smallest absolute Gasteiger partial charge is 0.223 e. The first-order chi connectivity index (χ1) is 9.94. The number of sulfonamides is 1. The minimum Gasteiger partial charge on any atom is -0.355 e. The van der Waals surface area contributed by atoms with Gasteiger partial charge in [-0.05, 0) is 30.4 Å². The van der Waals surface area contributed by atoms with Crippen LogP contribution < -0.4 is 10.0 Å². The molecule has 0 saturated heterocycles. The zero-order valence-electron chi connectivity index (χ0n) is 12.4. The van der Waals surface area contributed by atoms with Gasteiger partial charge in [0.2, 0.25) is 15.9 Å². The lowest BCUT2D eigenvalue weighted by Gasteiger charge is -2.07. The maximum Gasteiger partial charge on any atom is 0.223 e. The van der Waals surface area contributed by atoms with Gasteiger partial charge in [0.25, 0.3) is 0 Å². The fourth-order valence-corrected chi connectivity index (χ4v) is 3.52. The molecule has 0 bridgehead atoms. The van der Waals surface area contributed by atoms with Crippen LogP contribution in [0.25, 0.3) is 0 Å². The van der Waals surface area contributed by atoms with E-state index in [0.29, 0.717) is 6.54 Å². The van der Waals surface area contributed by atoms with Gasteiger partial charge in [0.1, 0.15) is 0 Å². The predicted molar refractivity (Wildman–Crippen MR) is 82.5 cm³/mol. The fraction of sp³-hybridized carbons (Fsp3) is 0.533. The number of hydrogen-bond acceptors (Lipinski definition) is 3. The van der Waals surface area contributed by atoms with E-state index in [-0.39, 0.29) is 30.0 Å². The summed E-state index contributed by atoms with van der Waals surface area (Å²) in [5.41, 5.74) is 2.42. The highest BCUT2D eigenvalue weighted by atomic mass is 32.2. The Hall–Kier alpha value is -1.40. The SMILES string of the molecule is CCNS(=O)(=O)CCNC(=O)[C@@H]1C[C@H]1c1ccccc1C. The molecule has 6 heteroatoms.